The Bertz CT molecular complexity index is 366. The number of nitrogens with two attached hydrogens (primary N) is 1. The third-order valence-electron chi connectivity index (χ3n) is 3.57. The maximum absolute atomic E-state index is 6.30. The van der Waals surface area contributed by atoms with Crippen molar-refractivity contribution in [1.29, 1.82) is 0 Å². The summed E-state index contributed by atoms with van der Waals surface area (Å²) in [4.78, 5) is 4.47. The van der Waals surface area contributed by atoms with Gasteiger partial charge in [-0.05, 0) is 26.2 Å². The zero-order chi connectivity index (χ0) is 13.0. The van der Waals surface area contributed by atoms with E-state index in [1.165, 1.54) is 0 Å². The van der Waals surface area contributed by atoms with E-state index < -0.39 is 5.54 Å². The van der Waals surface area contributed by atoms with E-state index in [9.17, 15) is 0 Å². The van der Waals surface area contributed by atoms with Crippen molar-refractivity contribution < 1.29 is 9.26 Å². The van der Waals surface area contributed by atoms with Crippen molar-refractivity contribution in [3.05, 3.63) is 11.7 Å². The molecule has 0 radical (unpaired) electrons. The van der Waals surface area contributed by atoms with Gasteiger partial charge in [0.25, 0.3) is 0 Å². The highest BCUT2D eigenvalue weighted by Crippen LogP contribution is 2.36. The van der Waals surface area contributed by atoms with Gasteiger partial charge in [0.15, 0.2) is 0 Å². The second kappa shape index (κ2) is 5.80. The molecule has 2 N–H and O–H groups in total. The molecule has 1 aliphatic rings. The second-order valence-electron chi connectivity index (χ2n) is 5.05. The monoisotopic (exact) mass is 253 g/mol. The second-order valence-corrected chi connectivity index (χ2v) is 5.05. The number of nitrogens with zero attached hydrogens (tertiary/aromatic N) is 2. The molecule has 5 heteroatoms. The predicted molar refractivity (Wildman–Crippen MR) is 67.9 cm³/mol. The van der Waals surface area contributed by atoms with Crippen molar-refractivity contribution in [2.45, 2.75) is 64.0 Å². The Morgan fingerprint density at radius 3 is 2.72 bits per heavy atom. The van der Waals surface area contributed by atoms with E-state index in [1.807, 2.05) is 6.92 Å². The molecule has 0 spiro atoms. The molecule has 1 aromatic heterocycles. The molecular weight excluding hydrogens is 230 g/mol. The number of hydrogen-bond donors (Lipinski definition) is 1. The zero-order valence-corrected chi connectivity index (χ0v) is 11.3. The van der Waals surface area contributed by atoms with Gasteiger partial charge in [-0.1, -0.05) is 31.3 Å². The maximum Gasteiger partial charge on any atom is 0.246 e. The van der Waals surface area contributed by atoms with Crippen molar-refractivity contribution in [3.8, 4) is 0 Å². The summed E-state index contributed by atoms with van der Waals surface area (Å²) in [7, 11) is 0. The quantitative estimate of drug-likeness (QED) is 0.843. The van der Waals surface area contributed by atoms with Crippen molar-refractivity contribution >= 4 is 0 Å². The van der Waals surface area contributed by atoms with E-state index in [0.717, 1.165) is 38.5 Å². The standard InChI is InChI=1S/C13H23N3O2/c1-3-7-10(17-4-2)11-15-12(18-16-11)13(14)8-5-6-9-13/h10H,3-9,14H2,1-2H3. The fourth-order valence-electron chi connectivity index (χ4n) is 2.54. The molecule has 102 valence electrons. The Morgan fingerprint density at radius 1 is 1.39 bits per heavy atom. The number of aromatic nitrogens is 2. The highest BCUT2D eigenvalue weighted by Gasteiger charge is 2.37. The SMILES string of the molecule is CCCC(OCC)c1noc(C2(N)CCCC2)n1. The Hall–Kier alpha value is -0.940. The summed E-state index contributed by atoms with van der Waals surface area (Å²) in [5.74, 6) is 1.22. The molecule has 1 unspecified atom stereocenters. The maximum atomic E-state index is 6.30. The average molecular weight is 253 g/mol. The van der Waals surface area contributed by atoms with Crippen LogP contribution in [0, 0.1) is 0 Å². The molecule has 0 bridgehead atoms. The third kappa shape index (κ3) is 2.72. The van der Waals surface area contributed by atoms with Crippen LogP contribution in [-0.2, 0) is 10.3 Å². The Labute approximate surface area is 108 Å². The first-order valence-corrected chi connectivity index (χ1v) is 6.94. The molecular formula is C13H23N3O2. The Balaban J connectivity index is 2.12. The molecule has 1 saturated carbocycles. The third-order valence-corrected chi connectivity index (χ3v) is 3.57. The summed E-state index contributed by atoms with van der Waals surface area (Å²) in [6.07, 6.45) is 6.01. The normalized spacial score (nSPS) is 20.2. The zero-order valence-electron chi connectivity index (χ0n) is 11.3. The number of rotatable bonds is 6. The van der Waals surface area contributed by atoms with Gasteiger partial charge in [-0.15, -0.1) is 0 Å². The van der Waals surface area contributed by atoms with Crippen LogP contribution in [0.15, 0.2) is 4.52 Å². The van der Waals surface area contributed by atoms with E-state index in [1.54, 1.807) is 0 Å². The number of ether oxygens (including phenoxy) is 1. The lowest BCUT2D eigenvalue weighted by Crippen LogP contribution is -2.33. The van der Waals surface area contributed by atoms with Gasteiger partial charge >= 0.3 is 0 Å². The topological polar surface area (TPSA) is 74.2 Å². The van der Waals surface area contributed by atoms with Gasteiger partial charge in [0.1, 0.15) is 6.10 Å². The highest BCUT2D eigenvalue weighted by atomic mass is 16.5. The summed E-state index contributed by atoms with van der Waals surface area (Å²) in [6.45, 7) is 4.75. The summed E-state index contributed by atoms with van der Waals surface area (Å²) < 4.78 is 11.0. The van der Waals surface area contributed by atoms with Crippen LogP contribution >= 0.6 is 0 Å². The largest absolute Gasteiger partial charge is 0.370 e. The highest BCUT2D eigenvalue weighted by molar-refractivity contribution is 5.05. The van der Waals surface area contributed by atoms with Crippen LogP contribution in [0.1, 0.15) is 70.2 Å². The molecule has 5 nitrogen and oxygen atoms in total. The van der Waals surface area contributed by atoms with E-state index in [-0.39, 0.29) is 6.10 Å². The van der Waals surface area contributed by atoms with Crippen LogP contribution in [0.25, 0.3) is 0 Å². The molecule has 0 amide bonds. The van der Waals surface area contributed by atoms with Gasteiger partial charge in [0, 0.05) is 6.61 Å². The minimum Gasteiger partial charge on any atom is -0.370 e. The van der Waals surface area contributed by atoms with Crippen LogP contribution in [-0.4, -0.2) is 16.7 Å². The molecule has 18 heavy (non-hydrogen) atoms. The number of hydrogen-bond acceptors (Lipinski definition) is 5. The van der Waals surface area contributed by atoms with Gasteiger partial charge in [0.05, 0.1) is 5.54 Å². The Kier molecular flexibility index (Phi) is 4.35. The van der Waals surface area contributed by atoms with Crippen LogP contribution in [0.4, 0.5) is 0 Å². The molecule has 1 atom stereocenters. The molecule has 0 aromatic carbocycles. The van der Waals surface area contributed by atoms with Crippen molar-refractivity contribution in [2.24, 2.45) is 5.73 Å². The summed E-state index contributed by atoms with van der Waals surface area (Å²) >= 11 is 0. The smallest absolute Gasteiger partial charge is 0.246 e. The molecule has 0 saturated heterocycles. The van der Waals surface area contributed by atoms with Gasteiger partial charge in [-0.25, -0.2) is 0 Å². The van der Waals surface area contributed by atoms with Gasteiger partial charge in [-0.2, -0.15) is 4.98 Å². The lowest BCUT2D eigenvalue weighted by molar-refractivity contribution is 0.0477. The van der Waals surface area contributed by atoms with Gasteiger partial charge in [-0.3, -0.25) is 0 Å². The summed E-state index contributed by atoms with van der Waals surface area (Å²) in [5.41, 5.74) is 5.90. The van der Waals surface area contributed by atoms with Crippen molar-refractivity contribution in [2.75, 3.05) is 6.61 Å². The van der Waals surface area contributed by atoms with E-state index in [2.05, 4.69) is 17.1 Å². The first-order chi connectivity index (χ1) is 8.69. The van der Waals surface area contributed by atoms with E-state index in [4.69, 9.17) is 15.0 Å². The summed E-state index contributed by atoms with van der Waals surface area (Å²) in [5, 5.41) is 4.05. The van der Waals surface area contributed by atoms with Gasteiger partial charge < -0.3 is 15.0 Å². The molecule has 1 heterocycles. The lowest BCUT2D eigenvalue weighted by atomic mass is 9.99. The lowest BCUT2D eigenvalue weighted by Gasteiger charge is -2.17. The van der Waals surface area contributed by atoms with E-state index in [0.29, 0.717) is 18.3 Å². The van der Waals surface area contributed by atoms with Crippen LogP contribution in [0.2, 0.25) is 0 Å². The predicted octanol–water partition coefficient (Wildman–Crippen LogP) is 2.68. The first-order valence-electron chi connectivity index (χ1n) is 6.94. The minimum atomic E-state index is -0.409. The fourth-order valence-corrected chi connectivity index (χ4v) is 2.54. The van der Waals surface area contributed by atoms with Crippen LogP contribution in [0.3, 0.4) is 0 Å². The molecule has 2 rings (SSSR count). The van der Waals surface area contributed by atoms with Crippen molar-refractivity contribution in [1.82, 2.24) is 10.1 Å². The van der Waals surface area contributed by atoms with Crippen LogP contribution in [0.5, 0.6) is 0 Å². The van der Waals surface area contributed by atoms with E-state index >= 15 is 0 Å². The molecule has 1 aliphatic carbocycles. The Morgan fingerprint density at radius 2 is 2.11 bits per heavy atom. The fraction of sp³-hybridized carbons (Fsp3) is 0.846. The molecule has 1 fully saturated rings. The first kappa shape index (κ1) is 13.5. The summed E-state index contributed by atoms with van der Waals surface area (Å²) in [6, 6.07) is 0. The average Bonchev–Trinajstić information content (AvgIpc) is 2.98. The van der Waals surface area contributed by atoms with Crippen molar-refractivity contribution in [3.63, 3.8) is 0 Å². The molecule has 0 aliphatic heterocycles. The minimum absolute atomic E-state index is 0.0671. The van der Waals surface area contributed by atoms with Crippen LogP contribution < -0.4 is 5.73 Å². The molecule has 1 aromatic rings. The van der Waals surface area contributed by atoms with Gasteiger partial charge in [0.2, 0.25) is 11.7 Å².